The quantitative estimate of drug-likeness (QED) is 0.710. The van der Waals surface area contributed by atoms with Gasteiger partial charge in [0.05, 0.1) is 18.4 Å². The molecule has 33 heavy (non-hydrogen) atoms. The molecule has 1 spiro atoms. The van der Waals surface area contributed by atoms with Crippen LogP contribution in [0.4, 0.5) is 0 Å². The van der Waals surface area contributed by atoms with Crippen molar-refractivity contribution in [3.63, 3.8) is 0 Å². The molecule has 1 aliphatic heterocycles. The number of nitrogens with one attached hydrogen (secondary N) is 1. The molecule has 6 nitrogen and oxygen atoms in total. The monoisotopic (exact) mass is 463 g/mol. The minimum absolute atomic E-state index is 0.121. The summed E-state index contributed by atoms with van der Waals surface area (Å²) in [7, 11) is -3.45. The maximum absolute atomic E-state index is 13.6. The normalized spacial score (nSPS) is 24.8. The van der Waals surface area contributed by atoms with Crippen LogP contribution < -0.4 is 4.72 Å². The van der Waals surface area contributed by atoms with E-state index in [1.54, 1.807) is 0 Å². The average molecular weight is 464 g/mol. The molecule has 3 aliphatic rings. The van der Waals surface area contributed by atoms with Gasteiger partial charge in [0.25, 0.3) is 0 Å². The first-order valence-electron chi connectivity index (χ1n) is 11.6. The summed E-state index contributed by atoms with van der Waals surface area (Å²) in [6.07, 6.45) is 5.58. The molecule has 1 amide bonds. The number of likely N-dealkylation sites (tertiary alicyclic amines) is 1. The molecule has 2 atom stereocenters. The van der Waals surface area contributed by atoms with Gasteiger partial charge < -0.3 is 4.90 Å². The lowest BCUT2D eigenvalue weighted by Crippen LogP contribution is -2.53. The topological polar surface area (TPSA) is 90.3 Å². The zero-order valence-corrected chi connectivity index (χ0v) is 19.6. The smallest absolute Gasteiger partial charge is 0.243 e. The van der Waals surface area contributed by atoms with Crippen molar-refractivity contribution in [3.05, 3.63) is 60.2 Å². The zero-order chi connectivity index (χ0) is 23.3. The first-order chi connectivity index (χ1) is 15.8. The molecule has 172 valence electrons. The van der Waals surface area contributed by atoms with E-state index < -0.39 is 15.4 Å². The highest BCUT2D eigenvalue weighted by molar-refractivity contribution is 7.88. The number of nitriles is 1. The van der Waals surface area contributed by atoms with Crippen LogP contribution in [-0.4, -0.2) is 44.1 Å². The van der Waals surface area contributed by atoms with Crippen LogP contribution in [0, 0.1) is 22.2 Å². The van der Waals surface area contributed by atoms with E-state index in [-0.39, 0.29) is 23.4 Å². The van der Waals surface area contributed by atoms with Crippen LogP contribution in [0.5, 0.6) is 0 Å². The Morgan fingerprint density at radius 1 is 1.09 bits per heavy atom. The van der Waals surface area contributed by atoms with E-state index in [0.717, 1.165) is 36.0 Å². The van der Waals surface area contributed by atoms with Gasteiger partial charge in [-0.05, 0) is 55.2 Å². The summed E-state index contributed by atoms with van der Waals surface area (Å²) in [6, 6.07) is 20.0. The minimum Gasteiger partial charge on any atom is -0.336 e. The van der Waals surface area contributed by atoms with Gasteiger partial charge in [-0.15, -0.1) is 0 Å². The molecule has 7 heteroatoms. The van der Waals surface area contributed by atoms with Crippen LogP contribution in [0.15, 0.2) is 54.6 Å². The van der Waals surface area contributed by atoms with Gasteiger partial charge in [-0.1, -0.05) is 54.6 Å². The lowest BCUT2D eigenvalue weighted by molar-refractivity contribution is -0.144. The second kappa shape index (κ2) is 7.96. The summed E-state index contributed by atoms with van der Waals surface area (Å²) in [5.41, 5.74) is 2.09. The first-order valence-corrected chi connectivity index (χ1v) is 13.5. The van der Waals surface area contributed by atoms with Crippen molar-refractivity contribution in [2.75, 3.05) is 12.8 Å². The molecule has 2 aromatic carbocycles. The van der Waals surface area contributed by atoms with Gasteiger partial charge in [0.2, 0.25) is 15.9 Å². The van der Waals surface area contributed by atoms with Gasteiger partial charge >= 0.3 is 0 Å². The van der Waals surface area contributed by atoms with Gasteiger partial charge in [-0.2, -0.15) is 5.26 Å². The largest absolute Gasteiger partial charge is 0.336 e. The van der Waals surface area contributed by atoms with Gasteiger partial charge in [0.15, 0.2) is 0 Å². The number of rotatable bonds is 6. The number of sulfonamides is 1. The van der Waals surface area contributed by atoms with Crippen LogP contribution in [0.1, 0.15) is 37.7 Å². The lowest BCUT2D eigenvalue weighted by atomic mass is 9.69. The second-order valence-electron chi connectivity index (χ2n) is 10.0. The second-order valence-corrected chi connectivity index (χ2v) is 11.8. The number of hydrogen-bond donors (Lipinski definition) is 1. The molecule has 5 rings (SSSR count). The van der Waals surface area contributed by atoms with Crippen molar-refractivity contribution in [1.29, 1.82) is 5.26 Å². The third kappa shape index (κ3) is 4.07. The number of benzene rings is 2. The van der Waals surface area contributed by atoms with Gasteiger partial charge in [0.1, 0.15) is 5.41 Å². The van der Waals surface area contributed by atoms with Crippen LogP contribution in [-0.2, 0) is 21.2 Å². The van der Waals surface area contributed by atoms with Crippen molar-refractivity contribution in [2.45, 2.75) is 50.6 Å². The summed E-state index contributed by atoms with van der Waals surface area (Å²) in [5, 5.41) is 9.79. The molecule has 2 saturated carbocycles. The van der Waals surface area contributed by atoms with E-state index >= 15 is 0 Å². The standard InChI is InChI=1S/C26H29N3O3S/c1-33(31,32)28-23-22(16-19-7-5-10-21(15-19)20-8-3-2-4-9-20)29(18-26(23)13-14-26)24(30)25(17-27)11-6-12-25/h2-5,7-10,15,22-23,28H,6,11-14,16,18H2,1H3/t22-,23+/m0/s1. The van der Waals surface area contributed by atoms with Crippen molar-refractivity contribution in [1.82, 2.24) is 9.62 Å². The summed E-state index contributed by atoms with van der Waals surface area (Å²) < 4.78 is 27.4. The average Bonchev–Trinajstić information content (AvgIpc) is 3.49. The molecular formula is C26H29N3O3S. The third-order valence-corrected chi connectivity index (χ3v) is 8.42. The Balaban J connectivity index is 1.50. The van der Waals surface area contributed by atoms with Crippen molar-refractivity contribution in [3.8, 4) is 17.2 Å². The number of carbonyl (C=O) groups excluding carboxylic acids is 1. The molecule has 0 aromatic heterocycles. The third-order valence-electron chi connectivity index (χ3n) is 7.73. The number of carbonyl (C=O) groups is 1. The zero-order valence-electron chi connectivity index (χ0n) is 18.8. The molecule has 0 radical (unpaired) electrons. The predicted octanol–water partition coefficient (Wildman–Crippen LogP) is 3.50. The Morgan fingerprint density at radius 2 is 1.79 bits per heavy atom. The minimum atomic E-state index is -3.45. The Kier molecular flexibility index (Phi) is 5.34. The summed E-state index contributed by atoms with van der Waals surface area (Å²) in [4.78, 5) is 15.5. The molecule has 2 aromatic rings. The van der Waals surface area contributed by atoms with Crippen LogP contribution in [0.2, 0.25) is 0 Å². The number of amides is 1. The van der Waals surface area contributed by atoms with Crippen molar-refractivity contribution >= 4 is 15.9 Å². The number of hydrogen-bond acceptors (Lipinski definition) is 4. The lowest BCUT2D eigenvalue weighted by Gasteiger charge is -2.39. The molecule has 1 N–H and O–H groups in total. The Labute approximate surface area is 195 Å². The van der Waals surface area contributed by atoms with Gasteiger partial charge in [0, 0.05) is 18.0 Å². The fraction of sp³-hybridized carbons (Fsp3) is 0.462. The van der Waals surface area contributed by atoms with Crippen molar-refractivity contribution < 1.29 is 13.2 Å². The van der Waals surface area contributed by atoms with E-state index in [9.17, 15) is 18.5 Å². The fourth-order valence-electron chi connectivity index (χ4n) is 5.59. The van der Waals surface area contributed by atoms with Gasteiger partial charge in [-0.25, -0.2) is 13.1 Å². The Hall–Kier alpha value is -2.69. The molecule has 0 bridgehead atoms. The molecule has 0 unspecified atom stereocenters. The fourth-order valence-corrected chi connectivity index (χ4v) is 6.45. The molecule has 1 heterocycles. The molecule has 3 fully saturated rings. The maximum Gasteiger partial charge on any atom is 0.243 e. The first kappa shape index (κ1) is 22.1. The van der Waals surface area contributed by atoms with E-state index in [1.165, 1.54) is 6.26 Å². The highest BCUT2D eigenvalue weighted by Crippen LogP contribution is 2.57. The highest BCUT2D eigenvalue weighted by Gasteiger charge is 2.63. The van der Waals surface area contributed by atoms with E-state index in [4.69, 9.17) is 0 Å². The maximum atomic E-state index is 13.6. The summed E-state index contributed by atoms with van der Waals surface area (Å²) >= 11 is 0. The molecular weight excluding hydrogens is 434 g/mol. The van der Waals surface area contributed by atoms with E-state index in [0.29, 0.717) is 25.8 Å². The Morgan fingerprint density at radius 3 is 2.36 bits per heavy atom. The van der Waals surface area contributed by atoms with E-state index in [2.05, 4.69) is 35.1 Å². The van der Waals surface area contributed by atoms with Crippen LogP contribution in [0.3, 0.4) is 0 Å². The molecule has 1 saturated heterocycles. The Bertz CT molecular complexity index is 1210. The van der Waals surface area contributed by atoms with Crippen LogP contribution >= 0.6 is 0 Å². The summed E-state index contributed by atoms with van der Waals surface area (Å²) in [5.74, 6) is -0.121. The summed E-state index contributed by atoms with van der Waals surface area (Å²) in [6.45, 7) is 0.519. The van der Waals surface area contributed by atoms with Crippen molar-refractivity contribution in [2.24, 2.45) is 10.8 Å². The van der Waals surface area contributed by atoms with E-state index in [1.807, 2.05) is 35.2 Å². The number of nitrogens with zero attached hydrogens (tertiary/aromatic N) is 2. The predicted molar refractivity (Wildman–Crippen MR) is 126 cm³/mol. The molecule has 2 aliphatic carbocycles. The van der Waals surface area contributed by atoms with Gasteiger partial charge in [-0.3, -0.25) is 4.79 Å². The van der Waals surface area contributed by atoms with Crippen LogP contribution in [0.25, 0.3) is 11.1 Å². The highest BCUT2D eigenvalue weighted by atomic mass is 32.2. The SMILES string of the molecule is CS(=O)(=O)N[C@@H]1[C@H](Cc2cccc(-c3ccccc3)c2)N(C(=O)C2(C#N)CCC2)CC12CC2.